The van der Waals surface area contributed by atoms with Crippen LogP contribution in [-0.2, 0) is 9.47 Å². The molecule has 0 radical (unpaired) electrons. The van der Waals surface area contributed by atoms with Crippen LogP contribution in [0.5, 0.6) is 5.88 Å². The molecule has 0 N–H and O–H groups in total. The van der Waals surface area contributed by atoms with Crippen molar-refractivity contribution >= 4 is 35.5 Å². The number of rotatable bonds is 8. The molecule has 2 aliphatic heterocycles. The van der Waals surface area contributed by atoms with Crippen LogP contribution in [0.3, 0.4) is 0 Å². The van der Waals surface area contributed by atoms with Gasteiger partial charge >= 0.3 is 0 Å². The average molecular weight is 417 g/mol. The minimum absolute atomic E-state index is 0.0211. The van der Waals surface area contributed by atoms with E-state index < -0.39 is 0 Å². The summed E-state index contributed by atoms with van der Waals surface area (Å²) in [6.07, 6.45) is 5.10. The van der Waals surface area contributed by atoms with Crippen LogP contribution in [-0.4, -0.2) is 102 Å². The van der Waals surface area contributed by atoms with E-state index in [1.807, 2.05) is 6.20 Å². The largest absolute Gasteiger partial charge is 0.480 e. The first-order valence-corrected chi connectivity index (χ1v) is 11.4. The van der Waals surface area contributed by atoms with Crippen LogP contribution in [0, 0.1) is 6.92 Å². The zero-order valence-electron chi connectivity index (χ0n) is 18.9. The van der Waals surface area contributed by atoms with Gasteiger partial charge in [-0.25, -0.2) is 9.29 Å². The quantitative estimate of drug-likeness (QED) is 0.417. The SMILES string of the molecule is BC(B)(B)N(CCOC)C1COC2(CCN(Sc3cc(C)cnc3OC)CC2)C1. The Kier molecular flexibility index (Phi) is 7.65. The molecule has 2 saturated heterocycles. The summed E-state index contributed by atoms with van der Waals surface area (Å²) in [6.45, 7) is 6.64. The average Bonchev–Trinajstić information content (AvgIpc) is 3.06. The molecular formula is C19H34B3N3O3S. The van der Waals surface area contributed by atoms with E-state index >= 15 is 0 Å². The molecule has 10 heteroatoms. The number of ether oxygens (including phenoxy) is 3. The highest BCUT2D eigenvalue weighted by Crippen LogP contribution is 2.41. The molecule has 1 atom stereocenters. The Morgan fingerprint density at radius 2 is 2.07 bits per heavy atom. The van der Waals surface area contributed by atoms with E-state index in [4.69, 9.17) is 14.2 Å². The number of hydrogen-bond acceptors (Lipinski definition) is 7. The molecule has 1 spiro atoms. The fourth-order valence-corrected chi connectivity index (χ4v) is 5.59. The minimum Gasteiger partial charge on any atom is -0.480 e. The molecule has 1 aromatic rings. The van der Waals surface area contributed by atoms with E-state index in [0.29, 0.717) is 11.9 Å². The topological polar surface area (TPSA) is 47.1 Å². The summed E-state index contributed by atoms with van der Waals surface area (Å²) in [7, 11) is 10.3. The van der Waals surface area contributed by atoms with Gasteiger partial charge in [-0.15, -0.1) is 0 Å². The molecule has 2 aliphatic rings. The van der Waals surface area contributed by atoms with Crippen molar-refractivity contribution in [1.82, 2.24) is 14.2 Å². The molecule has 0 aliphatic carbocycles. The lowest BCUT2D eigenvalue weighted by Crippen LogP contribution is -2.57. The first-order valence-electron chi connectivity index (χ1n) is 10.6. The molecule has 3 rings (SSSR count). The van der Waals surface area contributed by atoms with Gasteiger partial charge in [0, 0.05) is 39.0 Å². The van der Waals surface area contributed by atoms with E-state index in [1.54, 1.807) is 26.2 Å². The van der Waals surface area contributed by atoms with Crippen molar-refractivity contribution in [3.8, 4) is 5.88 Å². The predicted octanol–water partition coefficient (Wildman–Crippen LogP) is -0.512. The zero-order chi connectivity index (χ0) is 21.1. The molecule has 29 heavy (non-hydrogen) atoms. The van der Waals surface area contributed by atoms with Crippen molar-refractivity contribution in [2.24, 2.45) is 0 Å². The van der Waals surface area contributed by atoms with Gasteiger partial charge in [0.15, 0.2) is 0 Å². The maximum atomic E-state index is 6.46. The van der Waals surface area contributed by atoms with Crippen LogP contribution in [0.25, 0.3) is 0 Å². The highest BCUT2D eigenvalue weighted by molar-refractivity contribution is 7.97. The second-order valence-electron chi connectivity index (χ2n) is 9.25. The summed E-state index contributed by atoms with van der Waals surface area (Å²) < 4.78 is 19.7. The summed E-state index contributed by atoms with van der Waals surface area (Å²) >= 11 is 1.76. The standard InChI is InChI=1S/C19H34B3N3O3S/c1-14-10-16(17(27-3)23-12-14)29-24-6-4-18(5-7-24)11-15(13-28-18)25(8-9-26-2)19(20,21)22/h10,12,15H,4-9,11,13,20-22H2,1-3H3. The molecule has 1 unspecified atom stereocenters. The van der Waals surface area contributed by atoms with E-state index in [2.05, 4.69) is 50.7 Å². The van der Waals surface area contributed by atoms with Crippen molar-refractivity contribution in [2.75, 3.05) is 47.1 Å². The van der Waals surface area contributed by atoms with Crippen molar-refractivity contribution in [2.45, 2.75) is 48.0 Å². The van der Waals surface area contributed by atoms with Crippen LogP contribution in [0.15, 0.2) is 17.2 Å². The van der Waals surface area contributed by atoms with Crippen LogP contribution >= 0.6 is 11.9 Å². The number of piperidine rings is 1. The van der Waals surface area contributed by atoms with Crippen LogP contribution in [0.1, 0.15) is 24.8 Å². The highest BCUT2D eigenvalue weighted by Gasteiger charge is 2.46. The van der Waals surface area contributed by atoms with Gasteiger partial charge in [0.05, 0.1) is 30.8 Å². The first-order chi connectivity index (χ1) is 13.8. The number of nitrogens with zero attached hydrogens (tertiary/aromatic N) is 3. The third kappa shape index (κ3) is 5.73. The lowest BCUT2D eigenvalue weighted by molar-refractivity contribution is -0.0307. The number of pyridine rings is 1. The second kappa shape index (κ2) is 9.64. The minimum atomic E-state index is 0.0211. The fourth-order valence-electron chi connectivity index (χ4n) is 4.50. The van der Waals surface area contributed by atoms with Gasteiger partial charge in [-0.2, -0.15) is 0 Å². The number of aromatic nitrogens is 1. The van der Waals surface area contributed by atoms with Gasteiger partial charge in [-0.3, -0.25) is 0 Å². The first kappa shape index (κ1) is 23.0. The van der Waals surface area contributed by atoms with Gasteiger partial charge in [-0.1, -0.05) is 5.24 Å². The molecule has 6 nitrogen and oxygen atoms in total. The van der Waals surface area contributed by atoms with E-state index in [-0.39, 0.29) is 10.8 Å². The molecule has 0 bridgehead atoms. The van der Waals surface area contributed by atoms with Crippen molar-refractivity contribution in [3.05, 3.63) is 17.8 Å². The molecule has 0 saturated carbocycles. The molecule has 0 aromatic carbocycles. The Balaban J connectivity index is 1.58. The highest BCUT2D eigenvalue weighted by atomic mass is 32.2. The zero-order valence-corrected chi connectivity index (χ0v) is 19.7. The Morgan fingerprint density at radius 1 is 1.34 bits per heavy atom. The van der Waals surface area contributed by atoms with E-state index in [0.717, 1.165) is 62.6 Å². The maximum Gasteiger partial charge on any atom is 0.228 e. The Bertz CT molecular complexity index is 684. The summed E-state index contributed by atoms with van der Waals surface area (Å²) in [6, 6.07) is 2.62. The van der Waals surface area contributed by atoms with Crippen molar-refractivity contribution < 1.29 is 14.2 Å². The second-order valence-corrected chi connectivity index (χ2v) is 10.4. The molecule has 158 valence electrons. The summed E-state index contributed by atoms with van der Waals surface area (Å²) in [4.78, 5) is 8.05. The van der Waals surface area contributed by atoms with Gasteiger partial charge in [0.1, 0.15) is 23.5 Å². The normalized spacial score (nSPS) is 22.4. The van der Waals surface area contributed by atoms with E-state index in [9.17, 15) is 0 Å². The third-order valence-electron chi connectivity index (χ3n) is 6.04. The fraction of sp³-hybridized carbons (Fsp3) is 0.737. The summed E-state index contributed by atoms with van der Waals surface area (Å²) in [5, 5.41) is 0.114. The van der Waals surface area contributed by atoms with Gasteiger partial charge < -0.3 is 19.1 Å². The van der Waals surface area contributed by atoms with Gasteiger partial charge in [0.2, 0.25) is 5.88 Å². The number of hydrogen-bond donors (Lipinski definition) is 0. The number of methoxy groups -OCH3 is 2. The Labute approximate surface area is 182 Å². The summed E-state index contributed by atoms with van der Waals surface area (Å²) in [5.74, 6) is 0.706. The van der Waals surface area contributed by atoms with Crippen molar-refractivity contribution in [1.29, 1.82) is 0 Å². The van der Waals surface area contributed by atoms with Crippen LogP contribution < -0.4 is 4.74 Å². The number of aryl methyl sites for hydroxylation is 1. The molecular weight excluding hydrogens is 383 g/mol. The molecule has 2 fully saturated rings. The Hall–Kier alpha value is -0.665. The van der Waals surface area contributed by atoms with Gasteiger partial charge in [0.25, 0.3) is 0 Å². The third-order valence-corrected chi connectivity index (χ3v) is 7.15. The molecule has 0 amide bonds. The summed E-state index contributed by atoms with van der Waals surface area (Å²) in [5.41, 5.74) is 1.18. The lowest BCUT2D eigenvalue weighted by Gasteiger charge is -2.42. The monoisotopic (exact) mass is 417 g/mol. The van der Waals surface area contributed by atoms with Crippen LogP contribution in [0.4, 0.5) is 0 Å². The van der Waals surface area contributed by atoms with E-state index in [1.165, 1.54) is 0 Å². The lowest BCUT2D eigenvalue weighted by atomic mass is 9.48. The van der Waals surface area contributed by atoms with Gasteiger partial charge in [-0.05, 0) is 49.8 Å². The maximum absolute atomic E-state index is 6.46. The molecule has 3 heterocycles. The van der Waals surface area contributed by atoms with Crippen LogP contribution in [0.2, 0.25) is 0 Å². The Morgan fingerprint density at radius 3 is 2.69 bits per heavy atom. The predicted molar refractivity (Wildman–Crippen MR) is 126 cm³/mol. The molecule has 1 aromatic heterocycles. The smallest absolute Gasteiger partial charge is 0.228 e. The van der Waals surface area contributed by atoms with Crippen molar-refractivity contribution in [3.63, 3.8) is 0 Å².